The molecule has 2 aromatic rings. The number of fused-ring (bicyclic) bond motifs is 1. The molecule has 1 N–H and O–H groups in total. The molecule has 0 bridgehead atoms. The van der Waals surface area contributed by atoms with Crippen molar-refractivity contribution in [2.24, 2.45) is 5.41 Å². The number of aryl methyl sites for hydroxylation is 2. The van der Waals surface area contributed by atoms with Gasteiger partial charge in [0, 0.05) is 32.7 Å². The van der Waals surface area contributed by atoms with Gasteiger partial charge in [-0.05, 0) is 49.3 Å². The number of hydrogen-bond acceptors (Lipinski definition) is 5. The maximum Gasteiger partial charge on any atom is 0.338 e. The lowest BCUT2D eigenvalue weighted by Gasteiger charge is -2.36. The molecule has 0 atom stereocenters. The number of halogens is 2. The fourth-order valence-corrected chi connectivity index (χ4v) is 4.56. The molecular formula is C23H27ClFN3O4. The molecule has 7 nitrogen and oxygen atoms in total. The molecule has 3 heterocycles. The van der Waals surface area contributed by atoms with E-state index in [9.17, 15) is 14.0 Å². The summed E-state index contributed by atoms with van der Waals surface area (Å²) >= 11 is 5.66. The summed E-state index contributed by atoms with van der Waals surface area (Å²) in [5, 5.41) is 7.75. The number of ether oxygens (including phenoxy) is 2. The zero-order valence-corrected chi connectivity index (χ0v) is 18.8. The van der Waals surface area contributed by atoms with Gasteiger partial charge in [-0.3, -0.25) is 9.48 Å². The van der Waals surface area contributed by atoms with Gasteiger partial charge in [0.05, 0.1) is 34.1 Å². The van der Waals surface area contributed by atoms with E-state index < -0.39 is 11.8 Å². The minimum Gasteiger partial charge on any atom is -0.462 e. The zero-order chi connectivity index (χ0) is 22.7. The number of aromatic nitrogens is 2. The predicted octanol–water partition coefficient (Wildman–Crippen LogP) is 3.57. The van der Waals surface area contributed by atoms with Crippen molar-refractivity contribution in [3.63, 3.8) is 0 Å². The minimum absolute atomic E-state index is 0.0208. The molecule has 0 unspecified atom stereocenters. The van der Waals surface area contributed by atoms with E-state index in [4.69, 9.17) is 26.2 Å². The summed E-state index contributed by atoms with van der Waals surface area (Å²) in [6, 6.07) is 3.83. The zero-order valence-electron chi connectivity index (χ0n) is 18.1. The molecule has 2 aliphatic heterocycles. The number of carbonyl (C=O) groups excluding carboxylic acids is 2. The Morgan fingerprint density at radius 1 is 1.38 bits per heavy atom. The third-order valence-corrected chi connectivity index (χ3v) is 6.62. The molecule has 0 radical (unpaired) electrons. The van der Waals surface area contributed by atoms with E-state index in [0.717, 1.165) is 36.7 Å². The topological polar surface area (TPSA) is 82.5 Å². The van der Waals surface area contributed by atoms with Crippen LogP contribution >= 0.6 is 11.6 Å². The van der Waals surface area contributed by atoms with Crippen LogP contribution in [0.2, 0.25) is 5.02 Å². The van der Waals surface area contributed by atoms with Crippen molar-refractivity contribution in [2.45, 2.75) is 45.6 Å². The molecule has 2 aliphatic rings. The second-order valence-electron chi connectivity index (χ2n) is 8.44. The highest BCUT2D eigenvalue weighted by Crippen LogP contribution is 2.37. The Hall–Kier alpha value is -2.45. The Labute approximate surface area is 191 Å². The van der Waals surface area contributed by atoms with Crippen LogP contribution in [0, 0.1) is 11.2 Å². The van der Waals surface area contributed by atoms with E-state index in [1.165, 1.54) is 12.1 Å². The molecule has 4 rings (SSSR count). The van der Waals surface area contributed by atoms with Crippen LogP contribution in [0.1, 0.15) is 58.3 Å². The van der Waals surface area contributed by atoms with Crippen molar-refractivity contribution in [1.82, 2.24) is 15.1 Å². The molecule has 1 saturated heterocycles. The van der Waals surface area contributed by atoms with Gasteiger partial charge in [0.15, 0.2) is 0 Å². The maximum atomic E-state index is 13.6. The van der Waals surface area contributed by atoms with Crippen molar-refractivity contribution in [3.05, 3.63) is 51.6 Å². The second kappa shape index (κ2) is 9.58. The van der Waals surface area contributed by atoms with Crippen LogP contribution in [0.3, 0.4) is 0 Å². The Balaban J connectivity index is 1.44. The molecule has 1 spiro atoms. The normalized spacial score (nSPS) is 17.5. The number of benzene rings is 1. The average Bonchev–Trinajstić information content (AvgIpc) is 3.07. The van der Waals surface area contributed by atoms with Gasteiger partial charge in [0.2, 0.25) is 0 Å². The van der Waals surface area contributed by atoms with Gasteiger partial charge in [-0.25, -0.2) is 9.18 Å². The molecule has 1 amide bonds. The fraction of sp³-hybridized carbons (Fsp3) is 0.522. The van der Waals surface area contributed by atoms with Gasteiger partial charge in [-0.2, -0.15) is 5.10 Å². The van der Waals surface area contributed by atoms with Crippen LogP contribution in [0.5, 0.6) is 0 Å². The summed E-state index contributed by atoms with van der Waals surface area (Å²) in [5.41, 5.74) is 2.52. The average molecular weight is 464 g/mol. The molecule has 0 aliphatic carbocycles. The predicted molar refractivity (Wildman–Crippen MR) is 116 cm³/mol. The molecule has 1 aromatic carbocycles. The number of nitrogens with one attached hydrogen (secondary N) is 1. The van der Waals surface area contributed by atoms with E-state index in [0.29, 0.717) is 44.7 Å². The highest BCUT2D eigenvalue weighted by molar-refractivity contribution is 6.30. The highest BCUT2D eigenvalue weighted by Gasteiger charge is 2.39. The van der Waals surface area contributed by atoms with Crippen LogP contribution < -0.4 is 5.32 Å². The Bertz CT molecular complexity index is 1020. The summed E-state index contributed by atoms with van der Waals surface area (Å²) in [5.74, 6) is -1.33. The summed E-state index contributed by atoms with van der Waals surface area (Å²) in [6.07, 6.45) is 3.75. The molecule has 9 heteroatoms. The van der Waals surface area contributed by atoms with E-state index in [1.807, 2.05) is 11.6 Å². The summed E-state index contributed by atoms with van der Waals surface area (Å²) in [7, 11) is 0. The quantitative estimate of drug-likeness (QED) is 0.523. The smallest absolute Gasteiger partial charge is 0.338 e. The van der Waals surface area contributed by atoms with Crippen molar-refractivity contribution in [1.29, 1.82) is 0 Å². The third kappa shape index (κ3) is 4.66. The Kier molecular flexibility index (Phi) is 6.81. The highest BCUT2D eigenvalue weighted by atomic mass is 35.5. The van der Waals surface area contributed by atoms with Gasteiger partial charge in [0.25, 0.3) is 5.91 Å². The third-order valence-electron chi connectivity index (χ3n) is 6.31. The fourth-order valence-electron chi connectivity index (χ4n) is 4.44. The minimum atomic E-state index is -0.659. The number of carbonyl (C=O) groups is 2. The van der Waals surface area contributed by atoms with Gasteiger partial charge in [0.1, 0.15) is 5.82 Å². The van der Waals surface area contributed by atoms with Gasteiger partial charge in [-0.15, -0.1) is 0 Å². The van der Waals surface area contributed by atoms with Crippen LogP contribution in [0.15, 0.2) is 18.2 Å². The molecule has 172 valence electrons. The van der Waals surface area contributed by atoms with Gasteiger partial charge in [-0.1, -0.05) is 18.5 Å². The second-order valence-corrected chi connectivity index (χ2v) is 8.84. The van der Waals surface area contributed by atoms with Crippen LogP contribution in [0.4, 0.5) is 4.39 Å². The first-order valence-electron chi connectivity index (χ1n) is 11.0. The lowest BCUT2D eigenvalue weighted by atomic mass is 9.76. The first-order valence-corrected chi connectivity index (χ1v) is 11.4. The molecule has 1 aromatic heterocycles. The number of amides is 1. The SMILES string of the molecule is CCc1nn(CCCOC(=O)c2ccc(Cl)c(F)c2)c2c1C(=O)NCC1(CCOCC1)C2. The van der Waals surface area contributed by atoms with Gasteiger partial charge >= 0.3 is 5.97 Å². The molecular weight excluding hydrogens is 437 g/mol. The van der Waals surface area contributed by atoms with E-state index in [-0.39, 0.29) is 28.5 Å². The van der Waals surface area contributed by atoms with Crippen molar-refractivity contribution >= 4 is 23.5 Å². The standard InChI is InChI=1S/C23H27ClFN3O4/c1-2-18-20-19(13-23(14-26-21(20)29)6-10-31-11-7-23)28(27-18)8-3-9-32-22(30)15-4-5-16(24)17(25)12-15/h4-5,12H,2-3,6-11,13-14H2,1H3,(H,26,29). The Morgan fingerprint density at radius 2 is 2.16 bits per heavy atom. The van der Waals surface area contributed by atoms with Crippen LogP contribution in [0.25, 0.3) is 0 Å². The van der Waals surface area contributed by atoms with Gasteiger partial charge < -0.3 is 14.8 Å². The van der Waals surface area contributed by atoms with E-state index in [1.54, 1.807) is 0 Å². The maximum absolute atomic E-state index is 13.6. The number of hydrogen-bond donors (Lipinski definition) is 1. The van der Waals surface area contributed by atoms with Crippen LogP contribution in [-0.4, -0.2) is 48.0 Å². The first kappa shape index (κ1) is 22.7. The monoisotopic (exact) mass is 463 g/mol. The van der Waals surface area contributed by atoms with E-state index in [2.05, 4.69) is 5.32 Å². The molecule has 32 heavy (non-hydrogen) atoms. The van der Waals surface area contributed by atoms with E-state index >= 15 is 0 Å². The summed E-state index contributed by atoms with van der Waals surface area (Å²) in [4.78, 5) is 25.0. The van der Waals surface area contributed by atoms with Crippen molar-refractivity contribution in [2.75, 3.05) is 26.4 Å². The van der Waals surface area contributed by atoms with Crippen LogP contribution in [-0.2, 0) is 28.9 Å². The summed E-state index contributed by atoms with van der Waals surface area (Å²) < 4.78 is 26.3. The molecule has 0 saturated carbocycles. The Morgan fingerprint density at radius 3 is 2.88 bits per heavy atom. The number of nitrogens with zero attached hydrogens (tertiary/aromatic N) is 2. The first-order chi connectivity index (χ1) is 15.4. The number of esters is 1. The van der Waals surface area contributed by atoms with Crippen molar-refractivity contribution in [3.8, 4) is 0 Å². The lowest BCUT2D eigenvalue weighted by molar-refractivity contribution is 0.0152. The molecule has 1 fully saturated rings. The number of rotatable bonds is 6. The van der Waals surface area contributed by atoms with Crippen molar-refractivity contribution < 1.29 is 23.5 Å². The lowest BCUT2D eigenvalue weighted by Crippen LogP contribution is -2.40. The summed E-state index contributed by atoms with van der Waals surface area (Å²) in [6.45, 7) is 4.70. The largest absolute Gasteiger partial charge is 0.462 e.